The third-order valence-electron chi connectivity index (χ3n) is 6.43. The van der Waals surface area contributed by atoms with Crippen LogP contribution in [0.1, 0.15) is 33.8 Å². The molecule has 1 aromatic heterocycles. The predicted molar refractivity (Wildman–Crippen MR) is 142 cm³/mol. The fourth-order valence-corrected chi connectivity index (χ4v) is 5.53. The number of para-hydroxylation sites is 1. The third-order valence-corrected chi connectivity index (χ3v) is 7.48. The molecule has 1 unspecified atom stereocenters. The second-order valence-electron chi connectivity index (χ2n) is 8.99. The Kier molecular flexibility index (Phi) is 7.56. The van der Waals surface area contributed by atoms with Crippen LogP contribution in [0.2, 0.25) is 0 Å². The number of ketones is 1. The summed E-state index contributed by atoms with van der Waals surface area (Å²) in [6, 6.07) is 25.0. The molecule has 0 spiro atoms. The Labute approximate surface area is 219 Å². The number of Topliss-reactive ketones (excluding diaryl/α,β-unsaturated/α-hetero) is 1. The molecule has 8 heteroatoms. The summed E-state index contributed by atoms with van der Waals surface area (Å²) in [6.45, 7) is 0.549. The molecule has 0 radical (unpaired) electrons. The number of hydrogen-bond donors (Lipinski definition) is 1. The number of rotatable bonds is 8. The van der Waals surface area contributed by atoms with Gasteiger partial charge in [0.25, 0.3) is 0 Å². The predicted octanol–water partition coefficient (Wildman–Crippen LogP) is 5.01. The molecule has 2 heterocycles. The molecule has 1 fully saturated rings. The van der Waals surface area contributed by atoms with Gasteiger partial charge in [-0.25, -0.2) is 9.78 Å². The Bertz CT molecular complexity index is 1360. The Balaban J connectivity index is 1.32. The average Bonchev–Trinajstić information content (AvgIpc) is 3.60. The molecular formula is C29H27N3O4S. The lowest BCUT2D eigenvalue weighted by Crippen LogP contribution is -2.52. The topological polar surface area (TPSA) is 88.6 Å². The van der Waals surface area contributed by atoms with Crippen LogP contribution in [0.5, 0.6) is 0 Å². The number of likely N-dealkylation sites (tertiary alicyclic amines) is 1. The smallest absolute Gasteiger partial charge is 0.408 e. The first-order valence-electron chi connectivity index (χ1n) is 12.3. The number of hydrogen-bond acceptors (Lipinski definition) is 6. The van der Waals surface area contributed by atoms with Gasteiger partial charge in [0.2, 0.25) is 11.7 Å². The van der Waals surface area contributed by atoms with E-state index in [1.807, 2.05) is 84.9 Å². The average molecular weight is 514 g/mol. The summed E-state index contributed by atoms with van der Waals surface area (Å²) in [5.41, 5.74) is 2.53. The normalized spacial score (nSPS) is 15.9. The number of ether oxygens (including phenoxy) is 1. The SMILES string of the molecule is O=C(N[C@H](Cc1ccccc1)C(=O)N1CCCC1C(=O)c1nc2ccccc2s1)OCc1ccccc1. The van der Waals surface area contributed by atoms with E-state index in [0.29, 0.717) is 30.8 Å². The van der Waals surface area contributed by atoms with Crippen molar-refractivity contribution in [1.29, 1.82) is 0 Å². The zero-order valence-electron chi connectivity index (χ0n) is 20.2. The van der Waals surface area contributed by atoms with Crippen LogP contribution in [0.15, 0.2) is 84.9 Å². The van der Waals surface area contributed by atoms with Crippen molar-refractivity contribution >= 4 is 39.3 Å². The summed E-state index contributed by atoms with van der Waals surface area (Å²) < 4.78 is 6.33. The van der Waals surface area contributed by atoms with Gasteiger partial charge >= 0.3 is 6.09 Å². The van der Waals surface area contributed by atoms with Crippen LogP contribution in [-0.4, -0.2) is 46.3 Å². The number of fused-ring (bicyclic) bond motifs is 1. The van der Waals surface area contributed by atoms with Crippen LogP contribution in [0.4, 0.5) is 4.79 Å². The maximum absolute atomic E-state index is 13.8. The van der Waals surface area contributed by atoms with E-state index in [0.717, 1.165) is 21.3 Å². The van der Waals surface area contributed by atoms with Gasteiger partial charge < -0.3 is 15.0 Å². The van der Waals surface area contributed by atoms with E-state index in [1.54, 1.807) is 4.90 Å². The number of benzene rings is 3. The number of carbonyl (C=O) groups excluding carboxylic acids is 3. The Morgan fingerprint density at radius 3 is 2.35 bits per heavy atom. The van der Waals surface area contributed by atoms with Crippen molar-refractivity contribution in [2.45, 2.75) is 38.0 Å². The summed E-state index contributed by atoms with van der Waals surface area (Å²) in [5, 5.41) is 3.16. The van der Waals surface area contributed by atoms with E-state index < -0.39 is 18.2 Å². The number of alkyl carbamates (subject to hydrolysis) is 1. The second-order valence-corrected chi connectivity index (χ2v) is 10.0. The molecule has 2 amide bonds. The fraction of sp³-hybridized carbons (Fsp3) is 0.241. The van der Waals surface area contributed by atoms with Gasteiger partial charge in [0, 0.05) is 13.0 Å². The van der Waals surface area contributed by atoms with E-state index >= 15 is 0 Å². The van der Waals surface area contributed by atoms with E-state index in [4.69, 9.17) is 4.74 Å². The fourth-order valence-electron chi connectivity index (χ4n) is 4.58. The molecule has 2 atom stereocenters. The highest BCUT2D eigenvalue weighted by molar-refractivity contribution is 7.20. The standard InChI is InChI=1S/C29H27N3O4S/c33-26(27-30-22-14-7-8-16-25(22)37-27)24-15-9-17-32(24)28(34)23(18-20-10-3-1-4-11-20)31-29(35)36-19-21-12-5-2-6-13-21/h1-8,10-14,16,23-24H,9,15,17-19H2,(H,31,35)/t23-,24?/m1/s1. The number of thiazole rings is 1. The molecule has 1 saturated heterocycles. The van der Waals surface area contributed by atoms with Crippen molar-refractivity contribution in [3.05, 3.63) is 101 Å². The van der Waals surface area contributed by atoms with Gasteiger partial charge in [-0.1, -0.05) is 72.8 Å². The number of nitrogens with zero attached hydrogens (tertiary/aromatic N) is 2. The van der Waals surface area contributed by atoms with Crippen LogP contribution < -0.4 is 5.32 Å². The van der Waals surface area contributed by atoms with E-state index in [9.17, 15) is 14.4 Å². The van der Waals surface area contributed by atoms with Gasteiger partial charge in [-0.2, -0.15) is 0 Å². The number of amides is 2. The lowest BCUT2D eigenvalue weighted by atomic mass is 10.0. The van der Waals surface area contributed by atoms with Crippen molar-refractivity contribution in [3.63, 3.8) is 0 Å². The van der Waals surface area contributed by atoms with Crippen molar-refractivity contribution in [2.75, 3.05) is 6.54 Å². The van der Waals surface area contributed by atoms with Gasteiger partial charge in [0.1, 0.15) is 12.6 Å². The minimum absolute atomic E-state index is 0.0986. The molecule has 0 bridgehead atoms. The number of aromatic nitrogens is 1. The van der Waals surface area contributed by atoms with Gasteiger partial charge in [-0.15, -0.1) is 11.3 Å². The number of nitrogens with one attached hydrogen (secondary N) is 1. The molecule has 188 valence electrons. The Morgan fingerprint density at radius 2 is 1.62 bits per heavy atom. The highest BCUT2D eigenvalue weighted by Gasteiger charge is 2.39. The Hall–Kier alpha value is -4.04. The van der Waals surface area contributed by atoms with Crippen LogP contribution in [0.3, 0.4) is 0 Å². The van der Waals surface area contributed by atoms with Crippen LogP contribution in [-0.2, 0) is 22.6 Å². The summed E-state index contributed by atoms with van der Waals surface area (Å²) in [7, 11) is 0. The van der Waals surface area contributed by atoms with Gasteiger partial charge in [0.15, 0.2) is 5.01 Å². The molecule has 3 aromatic carbocycles. The van der Waals surface area contributed by atoms with Gasteiger partial charge in [0.05, 0.1) is 16.3 Å². The van der Waals surface area contributed by atoms with E-state index in [1.165, 1.54) is 11.3 Å². The molecule has 5 rings (SSSR count). The van der Waals surface area contributed by atoms with Gasteiger partial charge in [-0.05, 0) is 36.1 Å². The molecule has 37 heavy (non-hydrogen) atoms. The Morgan fingerprint density at radius 1 is 0.946 bits per heavy atom. The molecule has 7 nitrogen and oxygen atoms in total. The largest absolute Gasteiger partial charge is 0.445 e. The second kappa shape index (κ2) is 11.3. The quantitative estimate of drug-likeness (QED) is 0.335. The third kappa shape index (κ3) is 5.86. The minimum atomic E-state index is -0.866. The molecule has 0 saturated carbocycles. The van der Waals surface area contributed by atoms with Crippen LogP contribution in [0.25, 0.3) is 10.2 Å². The highest BCUT2D eigenvalue weighted by Crippen LogP contribution is 2.27. The number of carbonyl (C=O) groups is 3. The first-order valence-corrected chi connectivity index (χ1v) is 13.1. The lowest BCUT2D eigenvalue weighted by molar-refractivity contribution is -0.133. The van der Waals surface area contributed by atoms with Crippen molar-refractivity contribution in [2.24, 2.45) is 0 Å². The first kappa shape index (κ1) is 24.6. The lowest BCUT2D eigenvalue weighted by Gasteiger charge is -2.28. The highest BCUT2D eigenvalue weighted by atomic mass is 32.1. The first-order chi connectivity index (χ1) is 18.1. The van der Waals surface area contributed by atoms with Crippen LogP contribution in [0, 0.1) is 0 Å². The maximum Gasteiger partial charge on any atom is 0.408 e. The molecule has 1 aliphatic heterocycles. The van der Waals surface area contributed by atoms with Crippen molar-refractivity contribution < 1.29 is 19.1 Å². The summed E-state index contributed by atoms with van der Waals surface area (Å²) in [5.74, 6) is -0.449. The van der Waals surface area contributed by atoms with Crippen molar-refractivity contribution in [3.8, 4) is 0 Å². The summed E-state index contributed by atoms with van der Waals surface area (Å²) in [6.07, 6.45) is 0.894. The minimum Gasteiger partial charge on any atom is -0.445 e. The molecule has 1 N–H and O–H groups in total. The van der Waals surface area contributed by atoms with E-state index in [2.05, 4.69) is 10.3 Å². The van der Waals surface area contributed by atoms with E-state index in [-0.39, 0.29) is 18.3 Å². The summed E-state index contributed by atoms with van der Waals surface area (Å²) >= 11 is 1.34. The monoisotopic (exact) mass is 513 g/mol. The molecule has 0 aliphatic carbocycles. The van der Waals surface area contributed by atoms with Crippen molar-refractivity contribution in [1.82, 2.24) is 15.2 Å². The van der Waals surface area contributed by atoms with Crippen LogP contribution >= 0.6 is 11.3 Å². The maximum atomic E-state index is 13.8. The zero-order valence-corrected chi connectivity index (χ0v) is 21.0. The summed E-state index contributed by atoms with van der Waals surface area (Å²) in [4.78, 5) is 46.0. The van der Waals surface area contributed by atoms with Gasteiger partial charge in [-0.3, -0.25) is 9.59 Å². The molecular weight excluding hydrogens is 486 g/mol. The zero-order chi connectivity index (χ0) is 25.6. The molecule has 4 aromatic rings. The molecule has 1 aliphatic rings.